The number of halogens is 4. The lowest BCUT2D eigenvalue weighted by atomic mass is 9.82. The van der Waals surface area contributed by atoms with Gasteiger partial charge in [-0.25, -0.2) is 0 Å². The van der Waals surface area contributed by atoms with Crippen molar-refractivity contribution in [1.29, 1.82) is 0 Å². The van der Waals surface area contributed by atoms with Crippen LogP contribution >= 0.6 is 11.6 Å². The molecular weight excluding hydrogens is 471 g/mol. The van der Waals surface area contributed by atoms with Gasteiger partial charge in [-0.3, -0.25) is 9.59 Å². The SMILES string of the molecule is CC.CC1=CNC(Cl)N1Cc1ccc(C(F)(F)F)cc1.COC(=O)C1CCC(CNC=O)CC1. The molecule has 1 unspecified atom stereocenters. The van der Waals surface area contributed by atoms with Crippen LogP contribution in [0.1, 0.15) is 57.6 Å². The van der Waals surface area contributed by atoms with Gasteiger partial charge in [0.15, 0.2) is 5.62 Å². The van der Waals surface area contributed by atoms with E-state index in [9.17, 15) is 22.8 Å². The number of esters is 1. The smallest absolute Gasteiger partial charge is 0.416 e. The molecule has 1 saturated carbocycles. The van der Waals surface area contributed by atoms with Crippen molar-refractivity contribution in [2.45, 2.75) is 64.8 Å². The second-order valence-corrected chi connectivity index (χ2v) is 8.29. The number of nitrogens with one attached hydrogen (secondary N) is 2. The maximum Gasteiger partial charge on any atom is 0.416 e. The minimum Gasteiger partial charge on any atom is -0.469 e. The predicted molar refractivity (Wildman–Crippen MR) is 126 cm³/mol. The summed E-state index contributed by atoms with van der Waals surface area (Å²) in [5.74, 6) is 0.514. The summed E-state index contributed by atoms with van der Waals surface area (Å²) >= 11 is 6.01. The number of carbonyl (C=O) groups is 2. The summed E-state index contributed by atoms with van der Waals surface area (Å²) in [6.07, 6.45) is 1.99. The summed E-state index contributed by atoms with van der Waals surface area (Å²) in [4.78, 5) is 23.1. The minimum atomic E-state index is -4.29. The van der Waals surface area contributed by atoms with E-state index in [4.69, 9.17) is 16.3 Å². The maximum absolute atomic E-state index is 12.4. The van der Waals surface area contributed by atoms with Crippen molar-refractivity contribution in [3.8, 4) is 0 Å². The lowest BCUT2D eigenvalue weighted by Gasteiger charge is -2.26. The molecule has 10 heteroatoms. The van der Waals surface area contributed by atoms with E-state index in [1.807, 2.05) is 25.7 Å². The van der Waals surface area contributed by atoms with Crippen LogP contribution < -0.4 is 10.6 Å². The van der Waals surface area contributed by atoms with Crippen LogP contribution in [0.4, 0.5) is 13.2 Å². The van der Waals surface area contributed by atoms with Gasteiger partial charge in [0.25, 0.3) is 0 Å². The van der Waals surface area contributed by atoms with Crippen molar-refractivity contribution in [3.63, 3.8) is 0 Å². The summed E-state index contributed by atoms with van der Waals surface area (Å²) in [5.41, 5.74) is 0.743. The van der Waals surface area contributed by atoms with Crippen molar-refractivity contribution >= 4 is 24.0 Å². The highest BCUT2D eigenvalue weighted by molar-refractivity contribution is 6.20. The Bertz CT molecular complexity index is 780. The lowest BCUT2D eigenvalue weighted by molar-refractivity contribution is -0.146. The molecule has 1 aliphatic carbocycles. The van der Waals surface area contributed by atoms with E-state index >= 15 is 0 Å². The molecule has 2 aliphatic rings. The van der Waals surface area contributed by atoms with E-state index in [0.717, 1.165) is 62.0 Å². The quantitative estimate of drug-likeness (QED) is 0.240. The highest BCUT2D eigenvalue weighted by atomic mass is 35.5. The van der Waals surface area contributed by atoms with Gasteiger partial charge in [0.05, 0.1) is 18.6 Å². The number of amides is 1. The summed E-state index contributed by atoms with van der Waals surface area (Å²) in [6.45, 7) is 7.10. The largest absolute Gasteiger partial charge is 0.469 e. The Morgan fingerprint density at radius 2 is 1.79 bits per heavy atom. The third kappa shape index (κ3) is 9.44. The van der Waals surface area contributed by atoms with E-state index in [1.165, 1.54) is 19.2 Å². The third-order valence-electron chi connectivity index (χ3n) is 5.66. The van der Waals surface area contributed by atoms with Gasteiger partial charge in [-0.05, 0) is 56.2 Å². The van der Waals surface area contributed by atoms with Gasteiger partial charge >= 0.3 is 12.1 Å². The van der Waals surface area contributed by atoms with Gasteiger partial charge in [-0.2, -0.15) is 13.2 Å². The molecule has 1 heterocycles. The molecule has 2 N–H and O–H groups in total. The molecule has 34 heavy (non-hydrogen) atoms. The lowest BCUT2D eigenvalue weighted by Crippen LogP contribution is -2.30. The van der Waals surface area contributed by atoms with Crippen LogP contribution in [0.5, 0.6) is 0 Å². The molecule has 0 aromatic heterocycles. The van der Waals surface area contributed by atoms with Crippen LogP contribution in [0.15, 0.2) is 36.2 Å². The molecule has 0 spiro atoms. The standard InChI is InChI=1S/C12H12ClF3N2.C10H17NO3.C2H6/c1-8-6-17-11(13)18(8)7-9-2-4-10(5-3-9)12(14,15)16;1-14-10(13)9-4-2-8(3-5-9)6-11-7-12;1-2/h2-6,11,17H,7H2,1H3;7-9H,2-6H2,1H3,(H,11,12);1-2H3. The Hall–Kier alpha value is -2.42. The van der Waals surface area contributed by atoms with Crippen molar-refractivity contribution < 1.29 is 27.5 Å². The number of nitrogens with zero attached hydrogens (tertiary/aromatic N) is 1. The first-order valence-corrected chi connectivity index (χ1v) is 11.8. The normalized spacial score (nSPS) is 21.6. The Morgan fingerprint density at radius 1 is 1.21 bits per heavy atom. The van der Waals surface area contributed by atoms with Crippen molar-refractivity contribution in [3.05, 3.63) is 47.3 Å². The van der Waals surface area contributed by atoms with E-state index in [1.54, 1.807) is 6.20 Å². The molecule has 1 amide bonds. The number of rotatable bonds is 6. The number of benzene rings is 1. The fraction of sp³-hybridized carbons (Fsp3) is 0.583. The summed E-state index contributed by atoms with van der Waals surface area (Å²) < 4.78 is 41.9. The monoisotopic (exact) mass is 505 g/mol. The van der Waals surface area contributed by atoms with E-state index in [-0.39, 0.29) is 17.5 Å². The molecule has 1 aromatic rings. The van der Waals surface area contributed by atoms with Gasteiger partial charge in [-0.15, -0.1) is 0 Å². The fourth-order valence-electron chi connectivity index (χ4n) is 3.73. The highest BCUT2D eigenvalue weighted by Crippen LogP contribution is 2.30. The molecule has 6 nitrogen and oxygen atoms in total. The average molecular weight is 506 g/mol. The zero-order valence-electron chi connectivity index (χ0n) is 20.1. The number of alkyl halides is 4. The molecular formula is C24H35ClF3N3O3. The van der Waals surface area contributed by atoms with E-state index < -0.39 is 11.7 Å². The second-order valence-electron chi connectivity index (χ2n) is 7.88. The zero-order valence-corrected chi connectivity index (χ0v) is 20.9. The van der Waals surface area contributed by atoms with Crippen LogP contribution in [-0.4, -0.2) is 36.6 Å². The van der Waals surface area contributed by atoms with Gasteiger partial charge in [0.2, 0.25) is 6.41 Å². The Labute approximate surface area is 204 Å². The van der Waals surface area contributed by atoms with Crippen molar-refractivity contribution in [2.24, 2.45) is 11.8 Å². The van der Waals surface area contributed by atoms with Crippen LogP contribution in [0.25, 0.3) is 0 Å². The number of methoxy groups -OCH3 is 1. The molecule has 1 fully saturated rings. The van der Waals surface area contributed by atoms with Gasteiger partial charge in [0, 0.05) is 25.0 Å². The van der Waals surface area contributed by atoms with Crippen molar-refractivity contribution in [1.82, 2.24) is 15.5 Å². The van der Waals surface area contributed by atoms with Crippen molar-refractivity contribution in [2.75, 3.05) is 13.7 Å². The average Bonchev–Trinajstić information content (AvgIpc) is 3.16. The minimum absolute atomic E-state index is 0.0764. The number of carbonyl (C=O) groups excluding carboxylic acids is 2. The Kier molecular flexibility index (Phi) is 12.9. The molecule has 192 valence electrons. The number of allylic oxidation sites excluding steroid dienone is 1. The first-order chi connectivity index (χ1) is 16.2. The zero-order chi connectivity index (χ0) is 25.7. The Morgan fingerprint density at radius 3 is 2.24 bits per heavy atom. The molecule has 0 saturated heterocycles. The molecule has 1 aliphatic heterocycles. The third-order valence-corrected chi connectivity index (χ3v) is 6.02. The summed E-state index contributed by atoms with van der Waals surface area (Å²) in [5, 5.41) is 5.60. The van der Waals surface area contributed by atoms with Gasteiger partial charge < -0.3 is 20.3 Å². The summed E-state index contributed by atoms with van der Waals surface area (Å²) in [6, 6.07) is 5.11. The second kappa shape index (κ2) is 14.8. The predicted octanol–water partition coefficient (Wildman–Crippen LogP) is 5.23. The molecule has 3 rings (SSSR count). The fourth-order valence-corrected chi connectivity index (χ4v) is 4.01. The summed E-state index contributed by atoms with van der Waals surface area (Å²) in [7, 11) is 1.43. The Balaban J connectivity index is 0.000000326. The molecule has 0 radical (unpaired) electrons. The van der Waals surface area contributed by atoms with Crippen LogP contribution in [0, 0.1) is 11.8 Å². The first kappa shape index (κ1) is 29.6. The van der Waals surface area contributed by atoms with E-state index in [2.05, 4.69) is 10.6 Å². The topological polar surface area (TPSA) is 70.7 Å². The van der Waals surface area contributed by atoms with Crippen LogP contribution in [-0.2, 0) is 27.0 Å². The number of ether oxygens (including phenoxy) is 1. The molecule has 0 bridgehead atoms. The molecule has 1 atom stereocenters. The molecule has 1 aromatic carbocycles. The maximum atomic E-state index is 12.4. The highest BCUT2D eigenvalue weighted by Gasteiger charge is 2.30. The van der Waals surface area contributed by atoms with E-state index in [0.29, 0.717) is 12.5 Å². The van der Waals surface area contributed by atoms with Crippen LogP contribution in [0.3, 0.4) is 0 Å². The van der Waals surface area contributed by atoms with Gasteiger partial charge in [0.1, 0.15) is 0 Å². The number of hydrogen-bond acceptors (Lipinski definition) is 5. The first-order valence-electron chi connectivity index (χ1n) is 11.4. The van der Waals surface area contributed by atoms with Gasteiger partial charge in [-0.1, -0.05) is 37.6 Å². The van der Waals surface area contributed by atoms with Crippen LogP contribution in [0.2, 0.25) is 0 Å². The number of hydrogen-bond donors (Lipinski definition) is 2.